The van der Waals surface area contributed by atoms with E-state index in [0.29, 0.717) is 0 Å². The summed E-state index contributed by atoms with van der Waals surface area (Å²) in [4.78, 5) is 0. The lowest BCUT2D eigenvalue weighted by atomic mass is 10.0. The largest absolute Gasteiger partial charge is 0.457 e. The summed E-state index contributed by atoms with van der Waals surface area (Å²) in [5.41, 5.74) is 2.34. The van der Waals surface area contributed by atoms with Gasteiger partial charge in [-0.1, -0.05) is 59.0 Å². The Kier molecular flexibility index (Phi) is 3.67. The number of rotatable bonds is 1. The molecular formula is C18H21O2P. The van der Waals surface area contributed by atoms with Crippen LogP contribution in [0.4, 0.5) is 0 Å². The van der Waals surface area contributed by atoms with E-state index in [1.807, 2.05) is 18.2 Å². The van der Waals surface area contributed by atoms with Gasteiger partial charge in [0.15, 0.2) is 0 Å². The maximum atomic E-state index is 5.82. The summed E-state index contributed by atoms with van der Waals surface area (Å²) in [5, 5.41) is 1.64. The molecule has 2 aromatic rings. The third-order valence-corrected chi connectivity index (χ3v) is 7.06. The summed E-state index contributed by atoms with van der Waals surface area (Å²) in [6.45, 7) is 9.53. The second kappa shape index (κ2) is 5.35. The maximum Gasteiger partial charge on any atom is 0.230 e. The van der Waals surface area contributed by atoms with E-state index in [1.54, 1.807) is 0 Å². The third-order valence-electron chi connectivity index (χ3n) is 3.96. The van der Waals surface area contributed by atoms with Crippen molar-refractivity contribution in [3.63, 3.8) is 0 Å². The Morgan fingerprint density at radius 1 is 0.905 bits per heavy atom. The van der Waals surface area contributed by atoms with Gasteiger partial charge >= 0.3 is 0 Å². The SMILES string of the molecule is CP(c1cccc2c1-c1ccccc1OCO2)C(C)(C)C. The Balaban J connectivity index is 2.25. The van der Waals surface area contributed by atoms with Crippen LogP contribution in [0.25, 0.3) is 11.1 Å². The van der Waals surface area contributed by atoms with E-state index in [4.69, 9.17) is 9.47 Å². The van der Waals surface area contributed by atoms with Crippen LogP contribution < -0.4 is 14.8 Å². The van der Waals surface area contributed by atoms with Gasteiger partial charge in [0.25, 0.3) is 0 Å². The summed E-state index contributed by atoms with van der Waals surface area (Å²) in [5.74, 6) is 1.83. The van der Waals surface area contributed by atoms with E-state index in [1.165, 1.54) is 10.9 Å². The van der Waals surface area contributed by atoms with Crippen molar-refractivity contribution in [2.75, 3.05) is 13.5 Å². The first kappa shape index (κ1) is 14.4. The average molecular weight is 300 g/mol. The van der Waals surface area contributed by atoms with Crippen LogP contribution >= 0.6 is 7.92 Å². The molecule has 2 nitrogen and oxygen atoms in total. The number of hydrogen-bond acceptors (Lipinski definition) is 2. The quantitative estimate of drug-likeness (QED) is 0.716. The molecule has 0 saturated carbocycles. The summed E-state index contributed by atoms with van der Waals surface area (Å²) in [6.07, 6.45) is 0. The van der Waals surface area contributed by atoms with Gasteiger partial charge in [-0.2, -0.15) is 0 Å². The van der Waals surface area contributed by atoms with E-state index < -0.39 is 0 Å². The van der Waals surface area contributed by atoms with Gasteiger partial charge in [0.1, 0.15) is 11.5 Å². The van der Waals surface area contributed by atoms with Crippen molar-refractivity contribution in [3.05, 3.63) is 42.5 Å². The van der Waals surface area contributed by atoms with Crippen LogP contribution in [0.5, 0.6) is 11.5 Å². The highest BCUT2D eigenvalue weighted by Gasteiger charge is 2.27. The van der Waals surface area contributed by atoms with Crippen LogP contribution in [0.2, 0.25) is 0 Å². The molecule has 21 heavy (non-hydrogen) atoms. The zero-order valence-electron chi connectivity index (χ0n) is 13.0. The van der Waals surface area contributed by atoms with E-state index >= 15 is 0 Å². The smallest absolute Gasteiger partial charge is 0.230 e. The fourth-order valence-corrected chi connectivity index (χ4v) is 4.11. The normalized spacial score (nSPS) is 15.0. The van der Waals surface area contributed by atoms with Crippen LogP contribution in [0.3, 0.4) is 0 Å². The molecule has 1 heterocycles. The van der Waals surface area contributed by atoms with Crippen LogP contribution in [0.1, 0.15) is 20.8 Å². The monoisotopic (exact) mass is 300 g/mol. The van der Waals surface area contributed by atoms with E-state index in [9.17, 15) is 0 Å². The topological polar surface area (TPSA) is 18.5 Å². The minimum absolute atomic E-state index is 0.257. The maximum absolute atomic E-state index is 5.82. The van der Waals surface area contributed by atoms with Crippen molar-refractivity contribution in [1.82, 2.24) is 0 Å². The van der Waals surface area contributed by atoms with Gasteiger partial charge < -0.3 is 9.47 Å². The van der Waals surface area contributed by atoms with Crippen molar-refractivity contribution in [2.24, 2.45) is 0 Å². The van der Waals surface area contributed by atoms with Gasteiger partial charge in [-0.05, 0) is 29.3 Å². The molecule has 2 aromatic carbocycles. The van der Waals surface area contributed by atoms with Gasteiger partial charge in [-0.25, -0.2) is 0 Å². The van der Waals surface area contributed by atoms with Crippen molar-refractivity contribution >= 4 is 13.2 Å². The van der Waals surface area contributed by atoms with Gasteiger partial charge in [0.2, 0.25) is 6.79 Å². The highest BCUT2D eigenvalue weighted by molar-refractivity contribution is 7.66. The summed E-state index contributed by atoms with van der Waals surface area (Å²) < 4.78 is 11.6. The van der Waals surface area contributed by atoms with Crippen molar-refractivity contribution < 1.29 is 9.47 Å². The molecule has 3 heteroatoms. The van der Waals surface area contributed by atoms with Crippen molar-refractivity contribution in [2.45, 2.75) is 25.9 Å². The standard InChI is InChI=1S/C18H21O2P/c1-18(2,3)21(4)16-11-7-10-15-17(16)13-8-5-6-9-14(13)19-12-20-15/h5-11H,12H2,1-4H3. The molecule has 0 saturated heterocycles. The Bertz CT molecular complexity index is 659. The first-order chi connectivity index (χ1) is 9.98. The molecule has 1 atom stereocenters. The minimum atomic E-state index is -0.303. The molecule has 0 fully saturated rings. The Morgan fingerprint density at radius 2 is 1.57 bits per heavy atom. The summed E-state index contributed by atoms with van der Waals surface area (Å²) >= 11 is 0. The highest BCUT2D eigenvalue weighted by atomic mass is 31.1. The van der Waals surface area contributed by atoms with Gasteiger partial charge in [-0.3, -0.25) is 0 Å². The molecule has 110 valence electrons. The molecular weight excluding hydrogens is 279 g/mol. The summed E-state index contributed by atoms with van der Waals surface area (Å²) in [6, 6.07) is 14.6. The van der Waals surface area contributed by atoms with Crippen molar-refractivity contribution in [1.29, 1.82) is 0 Å². The van der Waals surface area contributed by atoms with Gasteiger partial charge in [0.05, 0.1) is 0 Å². The van der Waals surface area contributed by atoms with E-state index in [2.05, 4.69) is 51.7 Å². The molecule has 1 unspecified atom stereocenters. The molecule has 0 aromatic heterocycles. The molecule has 0 N–H and O–H groups in total. The molecule has 1 aliphatic heterocycles. The Labute approximate surface area is 127 Å². The number of ether oxygens (including phenoxy) is 2. The predicted molar refractivity (Wildman–Crippen MR) is 90.2 cm³/mol. The summed E-state index contributed by atoms with van der Waals surface area (Å²) in [7, 11) is -0.303. The predicted octanol–water partition coefficient (Wildman–Crippen LogP) is 4.62. The lowest BCUT2D eigenvalue weighted by Crippen LogP contribution is -2.20. The first-order valence-corrected chi connectivity index (χ1v) is 8.99. The fourth-order valence-electron chi connectivity index (χ4n) is 2.51. The number of benzene rings is 2. The van der Waals surface area contributed by atoms with Crippen LogP contribution in [0, 0.1) is 0 Å². The average Bonchev–Trinajstić information content (AvgIpc) is 2.64. The molecule has 0 spiro atoms. The zero-order chi connectivity index (χ0) is 15.0. The fraction of sp³-hybridized carbons (Fsp3) is 0.333. The zero-order valence-corrected chi connectivity index (χ0v) is 13.9. The number of fused-ring (bicyclic) bond motifs is 3. The van der Waals surface area contributed by atoms with Gasteiger partial charge in [-0.15, -0.1) is 0 Å². The van der Waals surface area contributed by atoms with Crippen LogP contribution in [-0.4, -0.2) is 18.6 Å². The molecule has 0 bridgehead atoms. The van der Waals surface area contributed by atoms with Gasteiger partial charge in [0, 0.05) is 11.1 Å². The molecule has 0 amide bonds. The Morgan fingerprint density at radius 3 is 2.33 bits per heavy atom. The Hall–Kier alpha value is -1.53. The molecule has 3 rings (SSSR count). The lowest BCUT2D eigenvalue weighted by molar-refractivity contribution is 0.125. The van der Waals surface area contributed by atoms with Crippen molar-refractivity contribution in [3.8, 4) is 22.6 Å². The minimum Gasteiger partial charge on any atom is -0.457 e. The molecule has 1 aliphatic rings. The number of hydrogen-bond donors (Lipinski definition) is 0. The first-order valence-electron chi connectivity index (χ1n) is 7.20. The lowest BCUT2D eigenvalue weighted by Gasteiger charge is -2.30. The van der Waals surface area contributed by atoms with E-state index in [-0.39, 0.29) is 19.9 Å². The van der Waals surface area contributed by atoms with Crippen LogP contribution in [-0.2, 0) is 0 Å². The molecule has 0 aliphatic carbocycles. The van der Waals surface area contributed by atoms with E-state index in [0.717, 1.165) is 17.1 Å². The van der Waals surface area contributed by atoms with Crippen LogP contribution in [0.15, 0.2) is 42.5 Å². The molecule has 0 radical (unpaired) electrons. The second-order valence-electron chi connectivity index (χ2n) is 6.28. The third kappa shape index (κ3) is 2.65. The number of para-hydroxylation sites is 1. The highest BCUT2D eigenvalue weighted by Crippen LogP contribution is 2.50. The second-order valence-corrected chi connectivity index (χ2v) is 9.22.